The van der Waals surface area contributed by atoms with Gasteiger partial charge in [-0.15, -0.1) is 0 Å². The van der Waals surface area contributed by atoms with Gasteiger partial charge in [-0.25, -0.2) is 0 Å². The summed E-state index contributed by atoms with van der Waals surface area (Å²) in [6.45, 7) is 0. The molecular weight excluding hydrogens is 248 g/mol. The van der Waals surface area contributed by atoms with E-state index in [1.54, 1.807) is 7.11 Å². The van der Waals surface area contributed by atoms with Crippen LogP contribution in [0, 0.1) is 0 Å². The van der Waals surface area contributed by atoms with Crippen LogP contribution in [0.15, 0.2) is 60.7 Å². The summed E-state index contributed by atoms with van der Waals surface area (Å²) in [5.74, 6) is 0.849. The molecule has 2 aromatic carbocycles. The Hall–Kier alpha value is -2.55. The molecule has 0 fully saturated rings. The first-order valence-corrected chi connectivity index (χ1v) is 6.58. The van der Waals surface area contributed by atoms with Gasteiger partial charge in [0.05, 0.1) is 18.5 Å². The largest absolute Gasteiger partial charge is 0.497 e. The first-order chi connectivity index (χ1) is 9.85. The predicted molar refractivity (Wildman–Crippen MR) is 79.8 cm³/mol. The molecule has 1 N–H and O–H groups in total. The zero-order valence-electron chi connectivity index (χ0n) is 11.3. The van der Waals surface area contributed by atoms with Crippen molar-refractivity contribution in [2.24, 2.45) is 0 Å². The molecule has 0 amide bonds. The Bertz CT molecular complexity index is 689. The molecule has 3 rings (SSSR count). The molecule has 20 heavy (non-hydrogen) atoms. The van der Waals surface area contributed by atoms with Crippen LogP contribution < -0.4 is 4.74 Å². The van der Waals surface area contributed by atoms with E-state index in [2.05, 4.69) is 28.4 Å². The highest BCUT2D eigenvalue weighted by molar-refractivity contribution is 5.61. The lowest BCUT2D eigenvalue weighted by Crippen LogP contribution is -1.87. The number of hydrogen-bond donors (Lipinski definition) is 1. The van der Waals surface area contributed by atoms with Gasteiger partial charge in [0.15, 0.2) is 0 Å². The fraction of sp³-hybridized carbons (Fsp3) is 0.118. The number of rotatable bonds is 4. The van der Waals surface area contributed by atoms with E-state index >= 15 is 0 Å². The van der Waals surface area contributed by atoms with Crippen molar-refractivity contribution >= 4 is 0 Å². The van der Waals surface area contributed by atoms with Gasteiger partial charge in [-0.1, -0.05) is 42.5 Å². The summed E-state index contributed by atoms with van der Waals surface area (Å²) in [7, 11) is 1.67. The van der Waals surface area contributed by atoms with E-state index in [4.69, 9.17) is 4.74 Å². The topological polar surface area (TPSA) is 37.9 Å². The molecule has 0 atom stereocenters. The van der Waals surface area contributed by atoms with Crippen LogP contribution in [0.4, 0.5) is 0 Å². The van der Waals surface area contributed by atoms with E-state index in [-0.39, 0.29) is 0 Å². The van der Waals surface area contributed by atoms with Crippen LogP contribution in [0.2, 0.25) is 0 Å². The molecule has 3 nitrogen and oxygen atoms in total. The summed E-state index contributed by atoms with van der Waals surface area (Å²) < 4.78 is 5.24. The van der Waals surface area contributed by atoms with Gasteiger partial charge in [-0.05, 0) is 23.8 Å². The van der Waals surface area contributed by atoms with Gasteiger partial charge in [-0.3, -0.25) is 5.10 Å². The quantitative estimate of drug-likeness (QED) is 0.780. The molecule has 3 aromatic rings. The summed E-state index contributed by atoms with van der Waals surface area (Å²) in [5.41, 5.74) is 4.39. The first kappa shape index (κ1) is 12.5. The number of nitrogens with one attached hydrogen (secondary N) is 1. The van der Waals surface area contributed by atoms with Crippen LogP contribution in [0.25, 0.3) is 11.3 Å². The van der Waals surface area contributed by atoms with Gasteiger partial charge in [0.25, 0.3) is 0 Å². The molecule has 0 aliphatic heterocycles. The van der Waals surface area contributed by atoms with Crippen molar-refractivity contribution < 1.29 is 4.74 Å². The fourth-order valence-electron chi connectivity index (χ4n) is 2.20. The number of methoxy groups -OCH3 is 1. The molecular formula is C17H16N2O. The van der Waals surface area contributed by atoms with E-state index in [0.717, 1.165) is 29.1 Å². The summed E-state index contributed by atoms with van der Waals surface area (Å²) in [5, 5.41) is 7.47. The van der Waals surface area contributed by atoms with E-state index in [0.29, 0.717) is 0 Å². The van der Waals surface area contributed by atoms with E-state index in [1.165, 1.54) is 5.56 Å². The van der Waals surface area contributed by atoms with Gasteiger partial charge in [0.2, 0.25) is 0 Å². The van der Waals surface area contributed by atoms with Gasteiger partial charge in [0.1, 0.15) is 5.75 Å². The Morgan fingerprint density at radius 2 is 1.85 bits per heavy atom. The Labute approximate surface area is 118 Å². The van der Waals surface area contributed by atoms with E-state index < -0.39 is 0 Å². The van der Waals surface area contributed by atoms with Crippen LogP contribution in [-0.2, 0) is 6.42 Å². The molecule has 0 unspecified atom stereocenters. The monoisotopic (exact) mass is 264 g/mol. The summed E-state index contributed by atoms with van der Waals surface area (Å²) in [6, 6.07) is 20.4. The smallest absolute Gasteiger partial charge is 0.119 e. The number of H-pyrrole nitrogens is 1. The minimum absolute atomic E-state index is 0.835. The highest BCUT2D eigenvalue weighted by Gasteiger charge is 2.05. The highest BCUT2D eigenvalue weighted by atomic mass is 16.5. The van der Waals surface area contributed by atoms with Crippen LogP contribution in [0.3, 0.4) is 0 Å². The zero-order valence-corrected chi connectivity index (χ0v) is 11.3. The molecule has 0 saturated carbocycles. The molecule has 1 heterocycles. The number of benzene rings is 2. The third-order valence-electron chi connectivity index (χ3n) is 3.24. The number of aromatic amines is 1. The number of nitrogens with zero attached hydrogens (tertiary/aromatic N) is 1. The highest BCUT2D eigenvalue weighted by Crippen LogP contribution is 2.23. The lowest BCUT2D eigenvalue weighted by molar-refractivity contribution is 0.415. The first-order valence-electron chi connectivity index (χ1n) is 6.58. The van der Waals surface area contributed by atoms with Crippen molar-refractivity contribution in [3.63, 3.8) is 0 Å². The molecule has 1 aromatic heterocycles. The maximum Gasteiger partial charge on any atom is 0.119 e. The molecule has 100 valence electrons. The van der Waals surface area contributed by atoms with E-state index in [9.17, 15) is 0 Å². The van der Waals surface area contributed by atoms with Crippen molar-refractivity contribution in [3.8, 4) is 17.0 Å². The van der Waals surface area contributed by atoms with Crippen molar-refractivity contribution in [1.29, 1.82) is 0 Å². The van der Waals surface area contributed by atoms with E-state index in [1.807, 2.05) is 42.5 Å². The van der Waals surface area contributed by atoms with Gasteiger partial charge in [0, 0.05) is 12.0 Å². The maximum atomic E-state index is 5.24. The minimum atomic E-state index is 0.835. The third-order valence-corrected chi connectivity index (χ3v) is 3.24. The second kappa shape index (κ2) is 5.61. The van der Waals surface area contributed by atoms with Crippen molar-refractivity contribution in [2.75, 3.05) is 7.11 Å². The number of hydrogen-bond acceptors (Lipinski definition) is 2. The molecule has 0 saturated heterocycles. The van der Waals surface area contributed by atoms with Crippen molar-refractivity contribution in [3.05, 3.63) is 71.9 Å². The third kappa shape index (κ3) is 2.72. The standard InChI is InChI=1S/C17H16N2O/c1-20-16-9-5-8-14(11-16)17-12-15(18-19-17)10-13-6-3-2-4-7-13/h2-9,11-12H,10H2,1H3,(H,18,19). The zero-order chi connectivity index (χ0) is 13.8. The van der Waals surface area contributed by atoms with Crippen LogP contribution >= 0.6 is 0 Å². The minimum Gasteiger partial charge on any atom is -0.497 e. The Morgan fingerprint density at radius 3 is 2.65 bits per heavy atom. The predicted octanol–water partition coefficient (Wildman–Crippen LogP) is 3.68. The normalized spacial score (nSPS) is 10.4. The summed E-state index contributed by atoms with van der Waals surface area (Å²) >= 11 is 0. The summed E-state index contributed by atoms with van der Waals surface area (Å²) in [4.78, 5) is 0. The molecule has 0 bridgehead atoms. The Morgan fingerprint density at radius 1 is 1.00 bits per heavy atom. The van der Waals surface area contributed by atoms with Gasteiger partial charge >= 0.3 is 0 Å². The molecule has 3 heteroatoms. The molecule has 0 radical (unpaired) electrons. The lowest BCUT2D eigenvalue weighted by Gasteiger charge is -2.01. The van der Waals surface area contributed by atoms with Crippen LogP contribution in [-0.4, -0.2) is 17.3 Å². The summed E-state index contributed by atoms with van der Waals surface area (Å²) in [6.07, 6.45) is 0.835. The molecule has 0 aliphatic rings. The molecule has 0 spiro atoms. The second-order valence-electron chi connectivity index (χ2n) is 4.67. The second-order valence-corrected chi connectivity index (χ2v) is 4.67. The van der Waals surface area contributed by atoms with Crippen molar-refractivity contribution in [2.45, 2.75) is 6.42 Å². The Kier molecular flexibility index (Phi) is 3.50. The average Bonchev–Trinajstić information content (AvgIpc) is 2.97. The maximum absolute atomic E-state index is 5.24. The number of aromatic nitrogens is 2. The van der Waals surface area contributed by atoms with Gasteiger partial charge < -0.3 is 4.74 Å². The van der Waals surface area contributed by atoms with Crippen molar-refractivity contribution in [1.82, 2.24) is 10.2 Å². The average molecular weight is 264 g/mol. The van der Waals surface area contributed by atoms with Crippen LogP contribution in [0.1, 0.15) is 11.3 Å². The lowest BCUT2D eigenvalue weighted by atomic mass is 10.1. The van der Waals surface area contributed by atoms with Gasteiger partial charge in [-0.2, -0.15) is 5.10 Å². The van der Waals surface area contributed by atoms with Crippen LogP contribution in [0.5, 0.6) is 5.75 Å². The molecule has 0 aliphatic carbocycles. The SMILES string of the molecule is COc1cccc(-c2cc(Cc3ccccc3)n[nH]2)c1. The fourth-order valence-corrected chi connectivity index (χ4v) is 2.20. The Balaban J connectivity index is 1.83. The number of ether oxygens (including phenoxy) is 1.